The van der Waals surface area contributed by atoms with Crippen LogP contribution in [-0.4, -0.2) is 12.6 Å². The molecule has 0 saturated carbocycles. The largest absolute Gasteiger partial charge is 0.462 e. The minimum Gasteiger partial charge on any atom is -0.462 e. The van der Waals surface area contributed by atoms with Gasteiger partial charge in [-0.05, 0) is 24.6 Å². The third-order valence-corrected chi connectivity index (χ3v) is 3.10. The van der Waals surface area contributed by atoms with Gasteiger partial charge in [-0.25, -0.2) is 4.79 Å². The van der Waals surface area contributed by atoms with E-state index in [9.17, 15) is 4.79 Å². The molecule has 0 heterocycles. The summed E-state index contributed by atoms with van der Waals surface area (Å²) >= 11 is 7.52. The molecule has 0 N–H and O–H groups in total. The summed E-state index contributed by atoms with van der Waals surface area (Å²) in [5.41, 5.74) is 1.56. The molecule has 0 saturated heterocycles. The quantitative estimate of drug-likeness (QED) is 0.530. The van der Waals surface area contributed by atoms with Crippen molar-refractivity contribution >= 4 is 34.5 Å². The van der Waals surface area contributed by atoms with Gasteiger partial charge in [0.05, 0.1) is 17.7 Å². The monoisotopic (exact) mass is 299 g/mol. The van der Waals surface area contributed by atoms with Crippen LogP contribution in [0.25, 0.3) is 0 Å². The van der Waals surface area contributed by atoms with Gasteiger partial charge in [-0.15, -0.1) is 12.6 Å². The van der Waals surface area contributed by atoms with Crippen LogP contribution in [0.5, 0.6) is 0 Å². The molecule has 0 aliphatic rings. The van der Waals surface area contributed by atoms with Gasteiger partial charge in [-0.3, -0.25) is 0 Å². The average molecular weight is 300 g/mol. The zero-order valence-electron chi connectivity index (χ0n) is 8.66. The van der Waals surface area contributed by atoms with Gasteiger partial charge in [0.15, 0.2) is 0 Å². The Morgan fingerprint density at radius 2 is 2.31 bits per heavy atom. The topological polar surface area (TPSA) is 50.1 Å². The molecule has 5 heteroatoms. The summed E-state index contributed by atoms with van der Waals surface area (Å²) in [6.45, 7) is 2.05. The number of hydrogen-bond donors (Lipinski definition) is 1. The van der Waals surface area contributed by atoms with Crippen molar-refractivity contribution in [3.8, 4) is 6.07 Å². The van der Waals surface area contributed by atoms with Gasteiger partial charge in [-0.2, -0.15) is 5.26 Å². The van der Waals surface area contributed by atoms with Gasteiger partial charge in [0.1, 0.15) is 6.07 Å². The number of alkyl halides is 1. The minimum atomic E-state index is -0.422. The first kappa shape index (κ1) is 13.1. The van der Waals surface area contributed by atoms with Crippen LogP contribution in [0, 0.1) is 11.3 Å². The fourth-order valence-electron chi connectivity index (χ4n) is 1.21. The minimum absolute atomic E-state index is 0.312. The molecule has 1 rings (SSSR count). The number of carbonyl (C=O) groups is 1. The Kier molecular flexibility index (Phi) is 4.84. The van der Waals surface area contributed by atoms with Gasteiger partial charge in [0.2, 0.25) is 0 Å². The lowest BCUT2D eigenvalue weighted by Gasteiger charge is -2.07. The second-order valence-corrected chi connectivity index (χ2v) is 4.01. The van der Waals surface area contributed by atoms with E-state index in [1.54, 1.807) is 13.0 Å². The Hall–Kier alpha value is -0.990. The lowest BCUT2D eigenvalue weighted by atomic mass is 10.1. The van der Waals surface area contributed by atoms with Gasteiger partial charge in [-0.1, -0.05) is 15.9 Å². The summed E-state index contributed by atoms with van der Waals surface area (Å²) in [7, 11) is 0. The van der Waals surface area contributed by atoms with Crippen molar-refractivity contribution in [2.75, 3.05) is 6.61 Å². The maximum atomic E-state index is 11.5. The third kappa shape index (κ3) is 2.77. The number of rotatable bonds is 3. The number of benzene rings is 1. The Bertz CT molecular complexity index is 454. The van der Waals surface area contributed by atoms with Crippen LogP contribution in [0.4, 0.5) is 0 Å². The van der Waals surface area contributed by atoms with E-state index in [0.717, 1.165) is 5.56 Å². The number of carbonyl (C=O) groups excluding carboxylic acids is 1. The Balaban J connectivity index is 3.23. The highest BCUT2D eigenvalue weighted by atomic mass is 79.9. The van der Waals surface area contributed by atoms with Crippen LogP contribution in [0.2, 0.25) is 0 Å². The molecule has 16 heavy (non-hydrogen) atoms. The van der Waals surface area contributed by atoms with E-state index in [-0.39, 0.29) is 0 Å². The van der Waals surface area contributed by atoms with Gasteiger partial charge < -0.3 is 4.74 Å². The molecule has 0 atom stereocenters. The summed E-state index contributed by atoms with van der Waals surface area (Å²) in [5, 5.41) is 9.44. The van der Waals surface area contributed by atoms with Gasteiger partial charge >= 0.3 is 5.97 Å². The Morgan fingerprint density at radius 1 is 1.62 bits per heavy atom. The van der Waals surface area contributed by atoms with E-state index in [0.29, 0.717) is 28.0 Å². The first-order valence-corrected chi connectivity index (χ1v) is 6.20. The van der Waals surface area contributed by atoms with Crippen molar-refractivity contribution in [3.05, 3.63) is 28.8 Å². The number of halogens is 1. The molecule has 1 aromatic rings. The number of nitriles is 1. The first-order valence-electron chi connectivity index (χ1n) is 4.63. The van der Waals surface area contributed by atoms with E-state index in [4.69, 9.17) is 10.00 Å². The number of ether oxygens (including phenoxy) is 1. The van der Waals surface area contributed by atoms with E-state index in [2.05, 4.69) is 28.6 Å². The molecule has 0 fully saturated rings. The molecule has 0 unspecified atom stereocenters. The number of thiol groups is 1. The highest BCUT2D eigenvalue weighted by Gasteiger charge is 2.12. The predicted molar refractivity (Wildman–Crippen MR) is 67.0 cm³/mol. The van der Waals surface area contributed by atoms with Crippen molar-refractivity contribution in [2.24, 2.45) is 0 Å². The first-order chi connectivity index (χ1) is 7.63. The third-order valence-electron chi connectivity index (χ3n) is 1.96. The molecule has 0 aliphatic carbocycles. The molecule has 3 nitrogen and oxygen atoms in total. The number of hydrogen-bond acceptors (Lipinski definition) is 4. The molecule has 0 radical (unpaired) electrons. The van der Waals surface area contributed by atoms with Crippen molar-refractivity contribution in [1.29, 1.82) is 5.26 Å². The summed E-state index contributed by atoms with van der Waals surface area (Å²) in [6.07, 6.45) is 0. The van der Waals surface area contributed by atoms with E-state index < -0.39 is 5.97 Å². The maximum Gasteiger partial charge on any atom is 0.338 e. The fraction of sp³-hybridized carbons (Fsp3) is 0.273. The average Bonchev–Trinajstić information content (AvgIpc) is 2.29. The van der Waals surface area contributed by atoms with Crippen LogP contribution in [0.1, 0.15) is 28.4 Å². The van der Waals surface area contributed by atoms with Crippen LogP contribution in [0.3, 0.4) is 0 Å². The Labute approximate surface area is 108 Å². The van der Waals surface area contributed by atoms with Crippen LogP contribution >= 0.6 is 28.6 Å². The molecular formula is C11H10BrNO2S. The summed E-state index contributed by atoms with van der Waals surface area (Å²) in [5.74, 6) is -0.422. The standard InChI is InChI=1S/C11H10BrNO2S/c1-2-15-11(14)7-3-8(5-12)10(16)9(4-7)6-13/h3-4,16H,2,5H2,1H3. The Morgan fingerprint density at radius 3 is 2.81 bits per heavy atom. The highest BCUT2D eigenvalue weighted by Crippen LogP contribution is 2.23. The second kappa shape index (κ2) is 5.92. The number of nitrogens with zero attached hydrogens (tertiary/aromatic N) is 1. The van der Waals surface area contributed by atoms with Gasteiger partial charge in [0.25, 0.3) is 0 Å². The number of esters is 1. The molecule has 84 valence electrons. The second-order valence-electron chi connectivity index (χ2n) is 3.00. The van der Waals surface area contributed by atoms with E-state index >= 15 is 0 Å². The van der Waals surface area contributed by atoms with Crippen LogP contribution in [-0.2, 0) is 10.1 Å². The summed E-state index contributed by atoms with van der Waals surface area (Å²) in [4.78, 5) is 12.1. The zero-order chi connectivity index (χ0) is 12.1. The smallest absolute Gasteiger partial charge is 0.338 e. The zero-order valence-corrected chi connectivity index (χ0v) is 11.1. The van der Waals surface area contributed by atoms with Crippen molar-refractivity contribution in [1.82, 2.24) is 0 Å². The maximum absolute atomic E-state index is 11.5. The highest BCUT2D eigenvalue weighted by molar-refractivity contribution is 9.08. The van der Waals surface area contributed by atoms with E-state index in [1.807, 2.05) is 6.07 Å². The predicted octanol–water partition coefficient (Wildman–Crippen LogP) is 2.92. The SMILES string of the molecule is CCOC(=O)c1cc(C#N)c(S)c(CBr)c1. The molecule has 0 aromatic heterocycles. The fourth-order valence-corrected chi connectivity index (χ4v) is 2.13. The van der Waals surface area contributed by atoms with E-state index in [1.165, 1.54) is 6.07 Å². The molecule has 1 aromatic carbocycles. The van der Waals surface area contributed by atoms with Crippen LogP contribution < -0.4 is 0 Å². The van der Waals surface area contributed by atoms with Crippen molar-refractivity contribution in [2.45, 2.75) is 17.1 Å². The molecule has 0 bridgehead atoms. The molecule has 0 spiro atoms. The van der Waals surface area contributed by atoms with Crippen molar-refractivity contribution in [3.63, 3.8) is 0 Å². The lowest BCUT2D eigenvalue weighted by molar-refractivity contribution is 0.0526. The van der Waals surface area contributed by atoms with Gasteiger partial charge in [0, 0.05) is 10.2 Å². The lowest BCUT2D eigenvalue weighted by Crippen LogP contribution is -2.06. The normalized spacial score (nSPS) is 9.62. The van der Waals surface area contributed by atoms with Crippen LogP contribution in [0.15, 0.2) is 17.0 Å². The molecule has 0 amide bonds. The molecular weight excluding hydrogens is 290 g/mol. The molecule has 0 aliphatic heterocycles. The summed E-state index contributed by atoms with van der Waals surface area (Å²) < 4.78 is 4.88. The van der Waals surface area contributed by atoms with Crippen molar-refractivity contribution < 1.29 is 9.53 Å². The summed E-state index contributed by atoms with van der Waals surface area (Å²) in [6, 6.07) is 5.17.